The van der Waals surface area contributed by atoms with Crippen LogP contribution >= 0.6 is 11.9 Å². The molecule has 3 N–H and O–H groups in total. The van der Waals surface area contributed by atoms with Crippen LogP contribution in [-0.4, -0.2) is 51.7 Å². The Labute approximate surface area is 117 Å². The molecule has 0 spiro atoms. The third-order valence-electron chi connectivity index (χ3n) is 2.97. The van der Waals surface area contributed by atoms with Gasteiger partial charge in [0.2, 0.25) is 0 Å². The molecule has 0 bridgehead atoms. The Bertz CT molecular complexity index is 158. The highest BCUT2D eigenvalue weighted by atomic mass is 32.2. The smallest absolute Gasteiger partial charge is 0.0707 e. The van der Waals surface area contributed by atoms with E-state index in [0.717, 1.165) is 19.1 Å². The first-order valence-electron chi connectivity index (χ1n) is 7.09. The second-order valence-corrected chi connectivity index (χ2v) is 4.84. The standard InChI is InChI=1S/C6H14N2S.C5H11NO.C2H6/c1-9-8-6-2-4-7-5-3-6;1-7-5-2-3-6-4-5;1-2/h6-8H,2-5H2,1H3;5-6H,2-4H2,1H3;1-2H3. The lowest BCUT2D eigenvalue weighted by atomic mass is 10.1. The van der Waals surface area contributed by atoms with Crippen LogP contribution in [-0.2, 0) is 4.74 Å². The van der Waals surface area contributed by atoms with E-state index < -0.39 is 0 Å². The number of piperidine rings is 1. The monoisotopic (exact) mass is 277 g/mol. The summed E-state index contributed by atoms with van der Waals surface area (Å²) in [6.45, 7) is 8.52. The third-order valence-corrected chi connectivity index (χ3v) is 3.54. The molecule has 0 aliphatic carbocycles. The van der Waals surface area contributed by atoms with E-state index in [-0.39, 0.29) is 0 Å². The minimum absolute atomic E-state index is 0.486. The van der Waals surface area contributed by atoms with Crippen LogP contribution < -0.4 is 15.4 Å². The number of hydrogen-bond donors (Lipinski definition) is 3. The van der Waals surface area contributed by atoms with Crippen LogP contribution in [0.25, 0.3) is 0 Å². The van der Waals surface area contributed by atoms with Crippen molar-refractivity contribution >= 4 is 11.9 Å². The number of ether oxygens (including phenoxy) is 1. The molecule has 110 valence electrons. The van der Waals surface area contributed by atoms with E-state index in [2.05, 4.69) is 21.6 Å². The van der Waals surface area contributed by atoms with Gasteiger partial charge in [0, 0.05) is 19.7 Å². The van der Waals surface area contributed by atoms with Crippen molar-refractivity contribution in [2.75, 3.05) is 39.5 Å². The third kappa shape index (κ3) is 9.16. The largest absolute Gasteiger partial charge is 0.380 e. The highest BCUT2D eigenvalue weighted by Gasteiger charge is 2.11. The maximum atomic E-state index is 5.05. The molecule has 2 heterocycles. The zero-order chi connectivity index (χ0) is 13.6. The van der Waals surface area contributed by atoms with Gasteiger partial charge in [0.05, 0.1) is 6.10 Å². The predicted octanol–water partition coefficient (Wildman–Crippen LogP) is 1.63. The molecule has 0 aromatic carbocycles. The number of nitrogens with one attached hydrogen (secondary N) is 3. The van der Waals surface area contributed by atoms with Crippen LogP contribution in [0.15, 0.2) is 0 Å². The van der Waals surface area contributed by atoms with Crippen LogP contribution in [0.4, 0.5) is 0 Å². The summed E-state index contributed by atoms with van der Waals surface area (Å²) in [5.74, 6) is 0. The van der Waals surface area contributed by atoms with Crippen LogP contribution in [0.2, 0.25) is 0 Å². The molecule has 0 aromatic rings. The topological polar surface area (TPSA) is 45.3 Å². The van der Waals surface area contributed by atoms with Gasteiger partial charge in [0.15, 0.2) is 0 Å². The van der Waals surface area contributed by atoms with Gasteiger partial charge in [-0.3, -0.25) is 4.72 Å². The normalized spacial score (nSPS) is 23.7. The van der Waals surface area contributed by atoms with Crippen molar-refractivity contribution in [1.29, 1.82) is 0 Å². The zero-order valence-corrected chi connectivity index (χ0v) is 13.2. The molecule has 2 saturated heterocycles. The number of hydrogen-bond acceptors (Lipinski definition) is 5. The molecular formula is C13H31N3OS. The molecule has 0 radical (unpaired) electrons. The summed E-state index contributed by atoms with van der Waals surface area (Å²) in [4.78, 5) is 0. The molecule has 0 saturated carbocycles. The molecule has 2 aliphatic heterocycles. The molecule has 1 atom stereocenters. The summed E-state index contributed by atoms with van der Waals surface area (Å²) >= 11 is 1.73. The Morgan fingerprint density at radius 2 is 1.67 bits per heavy atom. The first-order valence-corrected chi connectivity index (χ1v) is 8.32. The molecular weight excluding hydrogens is 246 g/mol. The van der Waals surface area contributed by atoms with Gasteiger partial charge in [0.1, 0.15) is 0 Å². The van der Waals surface area contributed by atoms with Crippen molar-refractivity contribution in [2.45, 2.75) is 45.3 Å². The highest BCUT2D eigenvalue weighted by Crippen LogP contribution is 2.04. The van der Waals surface area contributed by atoms with E-state index in [1.165, 1.54) is 32.4 Å². The lowest BCUT2D eigenvalue weighted by Gasteiger charge is -2.22. The quantitative estimate of drug-likeness (QED) is 0.684. The predicted molar refractivity (Wildman–Crippen MR) is 82.2 cm³/mol. The number of rotatable bonds is 3. The lowest BCUT2D eigenvalue weighted by molar-refractivity contribution is 0.119. The van der Waals surface area contributed by atoms with Crippen LogP contribution in [0.1, 0.15) is 33.1 Å². The van der Waals surface area contributed by atoms with Gasteiger partial charge in [-0.1, -0.05) is 25.8 Å². The summed E-state index contributed by atoms with van der Waals surface area (Å²) in [5.41, 5.74) is 0. The Morgan fingerprint density at radius 1 is 1.06 bits per heavy atom. The maximum absolute atomic E-state index is 5.05. The van der Waals surface area contributed by atoms with E-state index in [4.69, 9.17) is 4.74 Å². The zero-order valence-electron chi connectivity index (χ0n) is 12.4. The van der Waals surface area contributed by atoms with E-state index in [9.17, 15) is 0 Å². The first kappa shape index (κ1) is 18.2. The Hall–Kier alpha value is 0.190. The molecule has 2 fully saturated rings. The highest BCUT2D eigenvalue weighted by molar-refractivity contribution is 7.96. The van der Waals surface area contributed by atoms with Crippen molar-refractivity contribution in [3.8, 4) is 0 Å². The van der Waals surface area contributed by atoms with Gasteiger partial charge in [0.25, 0.3) is 0 Å². The van der Waals surface area contributed by atoms with Crippen molar-refractivity contribution in [3.63, 3.8) is 0 Å². The molecule has 4 nitrogen and oxygen atoms in total. The second kappa shape index (κ2) is 13.6. The van der Waals surface area contributed by atoms with Gasteiger partial charge < -0.3 is 15.4 Å². The van der Waals surface area contributed by atoms with Gasteiger partial charge in [-0.05, 0) is 45.2 Å². The van der Waals surface area contributed by atoms with Crippen molar-refractivity contribution < 1.29 is 4.74 Å². The van der Waals surface area contributed by atoms with Crippen molar-refractivity contribution in [2.24, 2.45) is 0 Å². The summed E-state index contributed by atoms with van der Waals surface area (Å²) in [6, 6.07) is 0.751. The van der Waals surface area contributed by atoms with E-state index >= 15 is 0 Å². The van der Waals surface area contributed by atoms with Crippen LogP contribution in [0, 0.1) is 0 Å². The second-order valence-electron chi connectivity index (χ2n) is 4.20. The summed E-state index contributed by atoms with van der Waals surface area (Å²) < 4.78 is 8.41. The van der Waals surface area contributed by atoms with Crippen molar-refractivity contribution in [1.82, 2.24) is 15.4 Å². The molecule has 2 rings (SSSR count). The average molecular weight is 277 g/mol. The lowest BCUT2D eigenvalue weighted by Crippen LogP contribution is -2.36. The Balaban J connectivity index is 0.000000289. The fraction of sp³-hybridized carbons (Fsp3) is 1.00. The maximum Gasteiger partial charge on any atom is 0.0707 e. The summed E-state index contributed by atoms with van der Waals surface area (Å²) in [6.07, 6.45) is 6.31. The summed E-state index contributed by atoms with van der Waals surface area (Å²) in [5, 5.41) is 6.52. The van der Waals surface area contributed by atoms with Gasteiger partial charge in [-0.2, -0.15) is 0 Å². The Morgan fingerprint density at radius 3 is 2.06 bits per heavy atom. The molecule has 1 unspecified atom stereocenters. The van der Waals surface area contributed by atoms with E-state index in [1.807, 2.05) is 13.8 Å². The molecule has 18 heavy (non-hydrogen) atoms. The van der Waals surface area contributed by atoms with Gasteiger partial charge >= 0.3 is 0 Å². The van der Waals surface area contributed by atoms with Crippen LogP contribution in [0.3, 0.4) is 0 Å². The number of methoxy groups -OCH3 is 1. The van der Waals surface area contributed by atoms with Crippen LogP contribution in [0.5, 0.6) is 0 Å². The molecule has 0 amide bonds. The molecule has 5 heteroatoms. The SMILES string of the molecule is CC.COC1CCNC1.CSNC1CCNCC1. The Kier molecular flexibility index (Phi) is 13.8. The fourth-order valence-electron chi connectivity index (χ4n) is 1.94. The van der Waals surface area contributed by atoms with E-state index in [1.54, 1.807) is 19.1 Å². The van der Waals surface area contributed by atoms with Gasteiger partial charge in [-0.15, -0.1) is 0 Å². The van der Waals surface area contributed by atoms with E-state index in [0.29, 0.717) is 6.10 Å². The molecule has 2 aliphatic rings. The summed E-state index contributed by atoms with van der Waals surface area (Å²) in [7, 11) is 1.76. The first-order chi connectivity index (χ1) is 8.86. The minimum Gasteiger partial charge on any atom is -0.380 e. The van der Waals surface area contributed by atoms with Gasteiger partial charge in [-0.25, -0.2) is 0 Å². The fourth-order valence-corrected chi connectivity index (χ4v) is 2.50. The average Bonchev–Trinajstić information content (AvgIpc) is 2.97. The minimum atomic E-state index is 0.486. The molecule has 0 aromatic heterocycles. The van der Waals surface area contributed by atoms with Crippen molar-refractivity contribution in [3.05, 3.63) is 0 Å².